The highest BCUT2D eigenvalue weighted by atomic mass is 35.5. The molecule has 122 valence electrons. The van der Waals surface area contributed by atoms with Crippen LogP contribution in [0.3, 0.4) is 0 Å². The molecule has 4 nitrogen and oxygen atoms in total. The molecular formula is C15H28ClN3OS. The second-order valence-corrected chi connectivity index (χ2v) is 7.20. The molecule has 0 aliphatic rings. The van der Waals surface area contributed by atoms with E-state index in [1.165, 1.54) is 0 Å². The van der Waals surface area contributed by atoms with E-state index in [1.807, 2.05) is 13.8 Å². The van der Waals surface area contributed by atoms with Gasteiger partial charge in [-0.2, -0.15) is 0 Å². The minimum atomic E-state index is -0.416. The Labute approximate surface area is 138 Å². The minimum Gasteiger partial charge on any atom is -0.354 e. The van der Waals surface area contributed by atoms with Crippen LogP contribution in [0.1, 0.15) is 51.7 Å². The predicted octanol–water partition coefficient (Wildman–Crippen LogP) is 2.89. The van der Waals surface area contributed by atoms with Crippen LogP contribution >= 0.6 is 23.7 Å². The summed E-state index contributed by atoms with van der Waals surface area (Å²) in [7, 11) is 0. The van der Waals surface area contributed by atoms with Crippen molar-refractivity contribution in [1.82, 2.24) is 10.3 Å². The average molecular weight is 334 g/mol. The monoisotopic (exact) mass is 333 g/mol. The lowest BCUT2D eigenvalue weighted by Crippen LogP contribution is -2.45. The molecule has 1 aromatic heterocycles. The zero-order valence-electron chi connectivity index (χ0n) is 13.6. The molecule has 0 aliphatic carbocycles. The van der Waals surface area contributed by atoms with E-state index in [-0.39, 0.29) is 29.6 Å². The summed E-state index contributed by atoms with van der Waals surface area (Å²) in [5.74, 6) is 0.146. The Morgan fingerprint density at radius 3 is 2.57 bits per heavy atom. The largest absolute Gasteiger partial charge is 0.354 e. The molecule has 0 saturated heterocycles. The van der Waals surface area contributed by atoms with Crippen molar-refractivity contribution in [3.63, 3.8) is 0 Å². The van der Waals surface area contributed by atoms with Crippen molar-refractivity contribution in [2.75, 3.05) is 6.54 Å². The topological polar surface area (TPSA) is 68.0 Å². The Morgan fingerprint density at radius 1 is 1.48 bits per heavy atom. The first kappa shape index (κ1) is 20.3. The zero-order valence-corrected chi connectivity index (χ0v) is 15.2. The molecular weight excluding hydrogens is 306 g/mol. The molecule has 0 fully saturated rings. The van der Waals surface area contributed by atoms with Crippen molar-refractivity contribution >= 4 is 29.7 Å². The van der Waals surface area contributed by atoms with E-state index >= 15 is 0 Å². The van der Waals surface area contributed by atoms with Crippen LogP contribution in [0.4, 0.5) is 0 Å². The van der Waals surface area contributed by atoms with E-state index in [9.17, 15) is 4.79 Å². The molecule has 1 amide bonds. The number of nitrogens with zero attached hydrogens (tertiary/aromatic N) is 1. The molecule has 0 aliphatic heterocycles. The van der Waals surface area contributed by atoms with Crippen LogP contribution in [0.15, 0.2) is 5.38 Å². The number of nitrogens with two attached hydrogens (primary N) is 1. The van der Waals surface area contributed by atoms with E-state index in [0.29, 0.717) is 6.54 Å². The summed E-state index contributed by atoms with van der Waals surface area (Å²) in [5, 5.41) is 6.10. The molecule has 1 rings (SSSR count). The van der Waals surface area contributed by atoms with E-state index in [2.05, 4.69) is 36.5 Å². The molecule has 0 saturated carbocycles. The summed E-state index contributed by atoms with van der Waals surface area (Å²) < 4.78 is 0. The fourth-order valence-electron chi connectivity index (χ4n) is 1.71. The highest BCUT2D eigenvalue weighted by Crippen LogP contribution is 2.25. The van der Waals surface area contributed by atoms with Crippen LogP contribution in [-0.2, 0) is 16.6 Å². The molecule has 0 radical (unpaired) electrons. The first-order chi connectivity index (χ1) is 9.25. The van der Waals surface area contributed by atoms with Crippen LogP contribution in [0.5, 0.6) is 0 Å². The first-order valence-electron chi connectivity index (χ1n) is 7.23. The summed E-state index contributed by atoms with van der Waals surface area (Å²) >= 11 is 1.68. The number of rotatable bonds is 6. The van der Waals surface area contributed by atoms with Crippen LogP contribution in [-0.4, -0.2) is 23.5 Å². The van der Waals surface area contributed by atoms with Gasteiger partial charge in [0.2, 0.25) is 5.91 Å². The van der Waals surface area contributed by atoms with Gasteiger partial charge >= 0.3 is 0 Å². The Morgan fingerprint density at radius 2 is 2.10 bits per heavy atom. The SMILES string of the molecule is CCC(C)C(N)C(=O)NCCc1csc(C(C)(C)C)n1.Cl. The fourth-order valence-corrected chi connectivity index (χ4v) is 2.65. The quantitative estimate of drug-likeness (QED) is 0.841. The highest BCUT2D eigenvalue weighted by molar-refractivity contribution is 7.09. The zero-order chi connectivity index (χ0) is 15.3. The lowest BCUT2D eigenvalue weighted by Gasteiger charge is -2.17. The summed E-state index contributed by atoms with van der Waals surface area (Å²) in [6.07, 6.45) is 1.67. The molecule has 1 heterocycles. The predicted molar refractivity (Wildman–Crippen MR) is 92.2 cm³/mol. The van der Waals surface area contributed by atoms with Crippen LogP contribution in [0.2, 0.25) is 0 Å². The maximum Gasteiger partial charge on any atom is 0.237 e. The lowest BCUT2D eigenvalue weighted by atomic mass is 9.98. The Hall–Kier alpha value is -0.650. The summed E-state index contributed by atoms with van der Waals surface area (Å²) in [5.41, 5.74) is 7.01. The molecule has 2 unspecified atom stereocenters. The third-order valence-electron chi connectivity index (χ3n) is 3.43. The molecule has 0 spiro atoms. The second-order valence-electron chi connectivity index (χ2n) is 6.35. The molecule has 3 N–H and O–H groups in total. The third kappa shape index (κ3) is 6.32. The lowest BCUT2D eigenvalue weighted by molar-refractivity contribution is -0.123. The van der Waals surface area contributed by atoms with Crippen molar-refractivity contribution in [2.24, 2.45) is 11.7 Å². The van der Waals surface area contributed by atoms with Crippen LogP contribution in [0.25, 0.3) is 0 Å². The van der Waals surface area contributed by atoms with Gasteiger partial charge in [0.25, 0.3) is 0 Å². The number of aromatic nitrogens is 1. The number of halogens is 1. The maximum atomic E-state index is 11.8. The van der Waals surface area contributed by atoms with Gasteiger partial charge in [-0.3, -0.25) is 4.79 Å². The molecule has 21 heavy (non-hydrogen) atoms. The van der Waals surface area contributed by atoms with Crippen molar-refractivity contribution in [3.05, 3.63) is 16.1 Å². The Bertz CT molecular complexity index is 442. The van der Waals surface area contributed by atoms with Crippen molar-refractivity contribution < 1.29 is 4.79 Å². The van der Waals surface area contributed by atoms with E-state index in [1.54, 1.807) is 11.3 Å². The van der Waals surface area contributed by atoms with E-state index in [0.717, 1.165) is 23.5 Å². The first-order valence-corrected chi connectivity index (χ1v) is 8.11. The number of thiazole rings is 1. The number of hydrogen-bond acceptors (Lipinski definition) is 4. The molecule has 1 aromatic rings. The Balaban J connectivity index is 0.00000400. The van der Waals surface area contributed by atoms with Gasteiger partial charge in [-0.15, -0.1) is 23.7 Å². The summed E-state index contributed by atoms with van der Waals surface area (Å²) in [6, 6.07) is -0.416. The van der Waals surface area contributed by atoms with Crippen LogP contribution in [0, 0.1) is 5.92 Å². The fraction of sp³-hybridized carbons (Fsp3) is 0.733. The number of amides is 1. The smallest absolute Gasteiger partial charge is 0.237 e. The highest BCUT2D eigenvalue weighted by Gasteiger charge is 2.20. The van der Waals surface area contributed by atoms with Gasteiger partial charge < -0.3 is 11.1 Å². The number of carbonyl (C=O) groups excluding carboxylic acids is 1. The summed E-state index contributed by atoms with van der Waals surface area (Å²) in [6.45, 7) is 11.1. The number of hydrogen-bond donors (Lipinski definition) is 2. The van der Waals surface area contributed by atoms with Gasteiger partial charge in [-0.25, -0.2) is 4.98 Å². The van der Waals surface area contributed by atoms with Crippen molar-refractivity contribution in [3.8, 4) is 0 Å². The molecule has 2 atom stereocenters. The third-order valence-corrected chi connectivity index (χ3v) is 4.75. The molecule has 0 aromatic carbocycles. The van der Waals surface area contributed by atoms with E-state index < -0.39 is 6.04 Å². The van der Waals surface area contributed by atoms with Gasteiger partial charge in [-0.05, 0) is 5.92 Å². The van der Waals surface area contributed by atoms with Gasteiger partial charge in [0, 0.05) is 23.8 Å². The second kappa shape index (κ2) is 8.71. The maximum absolute atomic E-state index is 11.8. The Kier molecular flexibility index (Phi) is 8.44. The molecule has 6 heteroatoms. The van der Waals surface area contributed by atoms with E-state index in [4.69, 9.17) is 5.73 Å². The normalized spacial score (nSPS) is 14.2. The standard InChI is InChI=1S/C15H27N3OS.ClH/c1-6-10(2)12(16)13(19)17-8-7-11-9-20-14(18-11)15(3,4)5;/h9-10,12H,6-8,16H2,1-5H3,(H,17,19);1H. The van der Waals surface area contributed by atoms with Gasteiger partial charge in [0.05, 0.1) is 16.7 Å². The average Bonchev–Trinajstić information content (AvgIpc) is 2.85. The van der Waals surface area contributed by atoms with Crippen molar-refractivity contribution in [2.45, 2.75) is 58.9 Å². The summed E-state index contributed by atoms with van der Waals surface area (Å²) in [4.78, 5) is 16.5. The van der Waals surface area contributed by atoms with Gasteiger partial charge in [0.15, 0.2) is 0 Å². The van der Waals surface area contributed by atoms with Gasteiger partial charge in [0.1, 0.15) is 0 Å². The number of nitrogens with one attached hydrogen (secondary N) is 1. The van der Waals surface area contributed by atoms with Crippen molar-refractivity contribution in [1.29, 1.82) is 0 Å². The van der Waals surface area contributed by atoms with Crippen LogP contribution < -0.4 is 11.1 Å². The number of carbonyl (C=O) groups is 1. The molecule has 0 bridgehead atoms. The minimum absolute atomic E-state index is 0. The van der Waals surface area contributed by atoms with Gasteiger partial charge in [-0.1, -0.05) is 41.0 Å².